The number of esters is 2. The van der Waals surface area contributed by atoms with Crippen LogP contribution in [0.25, 0.3) is 0 Å². The van der Waals surface area contributed by atoms with Crippen molar-refractivity contribution < 1.29 is 19.1 Å². The highest BCUT2D eigenvalue weighted by Gasteiger charge is 2.49. The topological polar surface area (TPSA) is 52.6 Å². The van der Waals surface area contributed by atoms with Gasteiger partial charge in [0.25, 0.3) is 0 Å². The van der Waals surface area contributed by atoms with E-state index in [9.17, 15) is 9.59 Å². The highest BCUT2D eigenvalue weighted by Crippen LogP contribution is 2.33. The van der Waals surface area contributed by atoms with E-state index < -0.39 is 17.4 Å². The van der Waals surface area contributed by atoms with Crippen molar-refractivity contribution >= 4 is 11.9 Å². The van der Waals surface area contributed by atoms with Crippen LogP contribution in [0.2, 0.25) is 0 Å². The number of hydrogen-bond acceptors (Lipinski definition) is 4. The standard InChI is InChI=1S/C20H30O4/c1-4-7-15-23-18(21)20(14-6-3,17-12-10-9-11-13-17)19(22)24-16-8-5-2/h9-13H,4-8,14-16H2,1-3H3. The molecular weight excluding hydrogens is 304 g/mol. The van der Waals surface area contributed by atoms with Crippen molar-refractivity contribution in [3.63, 3.8) is 0 Å². The summed E-state index contributed by atoms with van der Waals surface area (Å²) >= 11 is 0. The molecule has 4 heteroatoms. The van der Waals surface area contributed by atoms with Gasteiger partial charge in [0.2, 0.25) is 0 Å². The minimum absolute atomic E-state index is 0.329. The lowest BCUT2D eigenvalue weighted by atomic mass is 9.76. The Morgan fingerprint density at radius 2 is 1.33 bits per heavy atom. The van der Waals surface area contributed by atoms with Crippen LogP contribution in [0.15, 0.2) is 30.3 Å². The maximum Gasteiger partial charge on any atom is 0.328 e. The van der Waals surface area contributed by atoms with Gasteiger partial charge >= 0.3 is 11.9 Å². The number of rotatable bonds is 11. The Labute approximate surface area is 145 Å². The average molecular weight is 334 g/mol. The molecule has 134 valence electrons. The number of ether oxygens (including phenoxy) is 2. The Hall–Kier alpha value is -1.84. The van der Waals surface area contributed by atoms with Gasteiger partial charge < -0.3 is 9.47 Å². The van der Waals surface area contributed by atoms with Crippen molar-refractivity contribution in [2.24, 2.45) is 0 Å². The first kappa shape index (κ1) is 20.2. The molecule has 0 heterocycles. The maximum absolute atomic E-state index is 12.9. The third-order valence-electron chi connectivity index (χ3n) is 4.05. The quantitative estimate of drug-likeness (QED) is 0.342. The van der Waals surface area contributed by atoms with E-state index in [1.807, 2.05) is 39.0 Å². The van der Waals surface area contributed by atoms with Gasteiger partial charge in [-0.1, -0.05) is 70.4 Å². The van der Waals surface area contributed by atoms with Crippen LogP contribution in [0, 0.1) is 0 Å². The van der Waals surface area contributed by atoms with E-state index in [2.05, 4.69) is 0 Å². The third kappa shape index (κ3) is 5.08. The van der Waals surface area contributed by atoms with E-state index in [4.69, 9.17) is 9.47 Å². The highest BCUT2D eigenvalue weighted by atomic mass is 16.6. The molecular formula is C20H30O4. The molecule has 0 spiro atoms. The fourth-order valence-electron chi connectivity index (χ4n) is 2.63. The van der Waals surface area contributed by atoms with Crippen molar-refractivity contribution in [3.05, 3.63) is 35.9 Å². The molecule has 0 saturated heterocycles. The first-order valence-electron chi connectivity index (χ1n) is 9.03. The van der Waals surface area contributed by atoms with E-state index in [0.717, 1.165) is 25.7 Å². The number of carbonyl (C=O) groups is 2. The van der Waals surface area contributed by atoms with Gasteiger partial charge in [-0.25, -0.2) is 0 Å². The maximum atomic E-state index is 12.9. The second-order valence-corrected chi connectivity index (χ2v) is 6.00. The van der Waals surface area contributed by atoms with Gasteiger partial charge in [0.15, 0.2) is 5.41 Å². The van der Waals surface area contributed by atoms with Gasteiger partial charge in [0, 0.05) is 0 Å². The number of carbonyl (C=O) groups excluding carboxylic acids is 2. The Bertz CT molecular complexity index is 474. The summed E-state index contributed by atoms with van der Waals surface area (Å²) < 4.78 is 10.9. The fraction of sp³-hybridized carbons (Fsp3) is 0.600. The van der Waals surface area contributed by atoms with Crippen molar-refractivity contribution in [3.8, 4) is 0 Å². The van der Waals surface area contributed by atoms with E-state index in [-0.39, 0.29) is 0 Å². The van der Waals surface area contributed by atoms with E-state index in [1.165, 1.54) is 0 Å². The summed E-state index contributed by atoms with van der Waals surface area (Å²) in [5, 5.41) is 0. The van der Waals surface area contributed by atoms with Gasteiger partial charge in [0.05, 0.1) is 13.2 Å². The van der Waals surface area contributed by atoms with Crippen LogP contribution in [-0.2, 0) is 24.5 Å². The summed E-state index contributed by atoms with van der Waals surface area (Å²) in [6, 6.07) is 9.14. The summed E-state index contributed by atoms with van der Waals surface area (Å²) in [6.07, 6.45) is 4.50. The van der Waals surface area contributed by atoms with Crippen LogP contribution >= 0.6 is 0 Å². The highest BCUT2D eigenvalue weighted by molar-refractivity contribution is 6.06. The second kappa shape index (κ2) is 10.8. The predicted molar refractivity (Wildman–Crippen MR) is 94.8 cm³/mol. The van der Waals surface area contributed by atoms with E-state index in [0.29, 0.717) is 31.6 Å². The third-order valence-corrected chi connectivity index (χ3v) is 4.05. The van der Waals surface area contributed by atoms with Crippen molar-refractivity contribution in [2.75, 3.05) is 13.2 Å². The molecule has 1 aromatic carbocycles. The molecule has 0 fully saturated rings. The molecule has 24 heavy (non-hydrogen) atoms. The lowest BCUT2D eigenvalue weighted by Crippen LogP contribution is -2.46. The molecule has 0 radical (unpaired) electrons. The molecule has 0 aromatic heterocycles. The molecule has 0 aliphatic rings. The van der Waals surface area contributed by atoms with Crippen LogP contribution in [0.1, 0.15) is 64.9 Å². The zero-order chi connectivity index (χ0) is 17.8. The monoisotopic (exact) mass is 334 g/mol. The first-order chi connectivity index (χ1) is 11.6. The molecule has 1 aromatic rings. The zero-order valence-electron chi connectivity index (χ0n) is 15.2. The van der Waals surface area contributed by atoms with Crippen molar-refractivity contribution in [2.45, 2.75) is 64.7 Å². The molecule has 0 aliphatic carbocycles. The van der Waals surface area contributed by atoms with Crippen LogP contribution in [0.3, 0.4) is 0 Å². The normalized spacial score (nSPS) is 11.1. The summed E-state index contributed by atoms with van der Waals surface area (Å²) in [6.45, 7) is 6.68. The van der Waals surface area contributed by atoms with Gasteiger partial charge in [-0.2, -0.15) is 0 Å². The summed E-state index contributed by atoms with van der Waals surface area (Å²) in [7, 11) is 0. The molecule has 1 rings (SSSR count). The number of hydrogen-bond donors (Lipinski definition) is 0. The summed E-state index contributed by atoms with van der Waals surface area (Å²) in [4.78, 5) is 25.8. The van der Waals surface area contributed by atoms with Gasteiger partial charge in [-0.15, -0.1) is 0 Å². The van der Waals surface area contributed by atoms with Crippen LogP contribution < -0.4 is 0 Å². The predicted octanol–water partition coefficient (Wildman–Crippen LogP) is 4.41. The summed E-state index contributed by atoms with van der Waals surface area (Å²) in [5.41, 5.74) is -0.716. The Morgan fingerprint density at radius 3 is 1.75 bits per heavy atom. The molecule has 4 nitrogen and oxygen atoms in total. The molecule has 0 aliphatic heterocycles. The molecule has 0 amide bonds. The second-order valence-electron chi connectivity index (χ2n) is 6.00. The molecule has 0 saturated carbocycles. The molecule has 0 atom stereocenters. The molecule has 0 bridgehead atoms. The van der Waals surface area contributed by atoms with Gasteiger partial charge in [-0.05, 0) is 24.8 Å². The van der Waals surface area contributed by atoms with Gasteiger partial charge in [0.1, 0.15) is 0 Å². The number of unbranched alkanes of at least 4 members (excludes halogenated alkanes) is 2. The molecule has 0 unspecified atom stereocenters. The Balaban J connectivity index is 3.14. The van der Waals surface area contributed by atoms with Crippen LogP contribution in [-0.4, -0.2) is 25.2 Å². The fourth-order valence-corrected chi connectivity index (χ4v) is 2.63. The lowest BCUT2D eigenvalue weighted by Gasteiger charge is -2.29. The van der Waals surface area contributed by atoms with Gasteiger partial charge in [-0.3, -0.25) is 9.59 Å². The van der Waals surface area contributed by atoms with Crippen LogP contribution in [0.4, 0.5) is 0 Å². The molecule has 0 N–H and O–H groups in total. The average Bonchev–Trinajstić information content (AvgIpc) is 2.60. The smallest absolute Gasteiger partial charge is 0.328 e. The minimum Gasteiger partial charge on any atom is -0.465 e. The number of benzene rings is 1. The van der Waals surface area contributed by atoms with E-state index in [1.54, 1.807) is 12.1 Å². The minimum atomic E-state index is -1.36. The van der Waals surface area contributed by atoms with E-state index >= 15 is 0 Å². The Morgan fingerprint density at radius 1 is 0.833 bits per heavy atom. The van der Waals surface area contributed by atoms with Crippen molar-refractivity contribution in [1.82, 2.24) is 0 Å². The van der Waals surface area contributed by atoms with Crippen LogP contribution in [0.5, 0.6) is 0 Å². The first-order valence-corrected chi connectivity index (χ1v) is 9.03. The largest absolute Gasteiger partial charge is 0.465 e. The van der Waals surface area contributed by atoms with Crippen molar-refractivity contribution in [1.29, 1.82) is 0 Å². The SMILES string of the molecule is CCCCOC(=O)C(CCC)(C(=O)OCCCC)c1ccccc1. The summed E-state index contributed by atoms with van der Waals surface area (Å²) in [5.74, 6) is -0.990. The zero-order valence-corrected chi connectivity index (χ0v) is 15.2. The Kier molecular flexibility index (Phi) is 9.13. The lowest BCUT2D eigenvalue weighted by molar-refractivity contribution is -0.166.